The summed E-state index contributed by atoms with van der Waals surface area (Å²) in [6, 6.07) is 41.3. The van der Waals surface area contributed by atoms with Crippen LogP contribution in [0.5, 0.6) is 0 Å². The Morgan fingerprint density at radius 2 is 1.33 bits per heavy atom. The Kier molecular flexibility index (Phi) is 8.90. The average molecular weight is 799 g/mol. The van der Waals surface area contributed by atoms with E-state index in [-0.39, 0.29) is 33.4 Å². The number of amidine groups is 2. The van der Waals surface area contributed by atoms with Crippen LogP contribution in [0, 0.1) is 35.5 Å². The highest BCUT2D eigenvalue weighted by molar-refractivity contribution is 8.02. The molecule has 296 valence electrons. The number of aliphatic imine (C=N–C) groups is 2. The predicted octanol–water partition coefficient (Wildman–Crippen LogP) is 12.5. The van der Waals surface area contributed by atoms with E-state index in [2.05, 4.69) is 231 Å². The van der Waals surface area contributed by atoms with Gasteiger partial charge in [-0.3, -0.25) is 0 Å². The lowest BCUT2D eigenvalue weighted by Crippen LogP contribution is -2.43. The number of para-hydroxylation sites is 2. The van der Waals surface area contributed by atoms with E-state index in [0.717, 1.165) is 17.2 Å². The van der Waals surface area contributed by atoms with Crippen LogP contribution in [0.4, 0.5) is 0 Å². The molecular weight excluding hydrogens is 749 g/mol. The molecule has 2 aliphatic heterocycles. The van der Waals surface area contributed by atoms with Crippen LogP contribution < -0.4 is 5.32 Å². The molecular formula is C55H50N4S. The summed E-state index contributed by atoms with van der Waals surface area (Å²) in [5.74, 6) is 3.25. The van der Waals surface area contributed by atoms with Gasteiger partial charge in [0.25, 0.3) is 0 Å². The molecule has 0 amide bonds. The molecule has 9 unspecified atom stereocenters. The second-order valence-corrected chi connectivity index (χ2v) is 19.7. The van der Waals surface area contributed by atoms with Gasteiger partial charge in [-0.05, 0) is 66.7 Å². The molecule has 1 saturated heterocycles. The average Bonchev–Trinajstić information content (AvgIpc) is 3.75. The molecule has 6 aliphatic rings. The molecule has 60 heavy (non-hydrogen) atoms. The second-order valence-electron chi connectivity index (χ2n) is 17.7. The van der Waals surface area contributed by atoms with Gasteiger partial charge in [0.05, 0.1) is 10.3 Å². The van der Waals surface area contributed by atoms with Crippen LogP contribution in [-0.2, 0) is 4.75 Å². The molecule has 5 aromatic rings. The molecule has 0 saturated carbocycles. The summed E-state index contributed by atoms with van der Waals surface area (Å²) in [7, 11) is 0. The lowest BCUT2D eigenvalue weighted by molar-refractivity contribution is 0.375. The molecule has 3 heterocycles. The van der Waals surface area contributed by atoms with Gasteiger partial charge in [-0.25, -0.2) is 9.98 Å². The van der Waals surface area contributed by atoms with Crippen LogP contribution in [0.25, 0.3) is 28.2 Å². The van der Waals surface area contributed by atoms with Crippen LogP contribution >= 0.6 is 11.8 Å². The first kappa shape index (κ1) is 37.1. The minimum atomic E-state index is -0.251. The van der Waals surface area contributed by atoms with E-state index >= 15 is 0 Å². The van der Waals surface area contributed by atoms with Crippen molar-refractivity contribution in [2.75, 3.05) is 0 Å². The van der Waals surface area contributed by atoms with E-state index in [4.69, 9.17) is 9.98 Å². The lowest BCUT2D eigenvalue weighted by atomic mass is 9.67. The summed E-state index contributed by atoms with van der Waals surface area (Å²) < 4.78 is 2.25. The lowest BCUT2D eigenvalue weighted by Gasteiger charge is -2.38. The number of hydrogen-bond donors (Lipinski definition) is 1. The maximum Gasteiger partial charge on any atom is 0.151 e. The van der Waals surface area contributed by atoms with Gasteiger partial charge in [0.1, 0.15) is 11.7 Å². The number of aromatic nitrogens is 1. The van der Waals surface area contributed by atoms with E-state index < -0.39 is 0 Å². The molecule has 5 heteroatoms. The zero-order valence-corrected chi connectivity index (χ0v) is 35.4. The van der Waals surface area contributed by atoms with E-state index in [9.17, 15) is 0 Å². The fourth-order valence-corrected chi connectivity index (χ4v) is 13.2. The summed E-state index contributed by atoms with van der Waals surface area (Å²) in [6.45, 7) is 9.68. The predicted molar refractivity (Wildman–Crippen MR) is 253 cm³/mol. The number of fused-ring (bicyclic) bond motifs is 7. The number of benzene rings is 4. The fourth-order valence-electron chi connectivity index (χ4n) is 11.1. The van der Waals surface area contributed by atoms with Crippen molar-refractivity contribution in [1.82, 2.24) is 9.88 Å². The summed E-state index contributed by atoms with van der Waals surface area (Å²) in [5.41, 5.74) is 11.4. The summed E-state index contributed by atoms with van der Waals surface area (Å²) >= 11 is 2.16. The third kappa shape index (κ3) is 5.96. The molecule has 1 N–H and O–H groups in total. The minimum absolute atomic E-state index is 0.0885. The molecule has 0 radical (unpaired) electrons. The highest BCUT2D eigenvalue weighted by Crippen LogP contribution is 2.67. The Morgan fingerprint density at radius 1 is 0.667 bits per heavy atom. The van der Waals surface area contributed by atoms with Crippen LogP contribution in [-0.4, -0.2) is 27.2 Å². The highest BCUT2D eigenvalue weighted by Gasteiger charge is 2.59. The number of nitrogens with zero attached hydrogens (tertiary/aromatic N) is 3. The van der Waals surface area contributed by atoms with Crippen molar-refractivity contribution in [2.24, 2.45) is 45.5 Å². The molecule has 4 aromatic carbocycles. The maximum atomic E-state index is 5.57. The Morgan fingerprint density at radius 3 is 2.10 bits per heavy atom. The van der Waals surface area contributed by atoms with Crippen molar-refractivity contribution in [3.63, 3.8) is 0 Å². The van der Waals surface area contributed by atoms with Gasteiger partial charge < -0.3 is 9.88 Å². The van der Waals surface area contributed by atoms with Gasteiger partial charge in [-0.15, -0.1) is 11.8 Å². The van der Waals surface area contributed by atoms with E-state index in [1.807, 2.05) is 0 Å². The van der Waals surface area contributed by atoms with Crippen molar-refractivity contribution >= 4 is 46.0 Å². The van der Waals surface area contributed by atoms with E-state index in [0.29, 0.717) is 17.8 Å². The Hall–Kier alpha value is -5.91. The number of allylic oxidation sites excluding steroid dienone is 10. The molecule has 4 nitrogen and oxygen atoms in total. The fraction of sp³-hybridized carbons (Fsp3) is 0.236. The maximum absolute atomic E-state index is 5.57. The van der Waals surface area contributed by atoms with Gasteiger partial charge in [0, 0.05) is 61.9 Å². The monoisotopic (exact) mass is 798 g/mol. The van der Waals surface area contributed by atoms with Gasteiger partial charge >= 0.3 is 0 Å². The van der Waals surface area contributed by atoms with Crippen molar-refractivity contribution in [1.29, 1.82) is 0 Å². The summed E-state index contributed by atoms with van der Waals surface area (Å²) in [4.78, 5) is 10.9. The molecule has 0 spiro atoms. The van der Waals surface area contributed by atoms with E-state index in [1.54, 1.807) is 0 Å². The van der Waals surface area contributed by atoms with Crippen molar-refractivity contribution in [3.8, 4) is 5.69 Å². The molecule has 1 fully saturated rings. The highest BCUT2D eigenvalue weighted by atomic mass is 32.2. The molecule has 0 bridgehead atoms. The third-order valence-corrected chi connectivity index (χ3v) is 15.6. The van der Waals surface area contributed by atoms with Crippen molar-refractivity contribution in [3.05, 3.63) is 210 Å². The number of rotatable bonds is 6. The Labute approximate surface area is 358 Å². The van der Waals surface area contributed by atoms with Gasteiger partial charge in [-0.2, -0.15) is 0 Å². The van der Waals surface area contributed by atoms with Crippen LogP contribution in [0.1, 0.15) is 50.1 Å². The SMILES string of the molecule is CC1C=C(c2ccccc2)C=C(C2=NC(C3C=CC=CC3C)N=C(c3ccccc3)N2)C1C1=CC2(C)SC3(C)c4c(c5ccccc5n4-c4ccccc4)C=CC3C2C=C1. The van der Waals surface area contributed by atoms with Gasteiger partial charge in [-0.1, -0.05) is 172 Å². The second kappa shape index (κ2) is 14.4. The molecule has 9 atom stereocenters. The van der Waals surface area contributed by atoms with Crippen molar-refractivity contribution in [2.45, 2.75) is 43.4 Å². The standard InChI is InChI=1S/C55H50N4S/c1-35-18-14-15-25-42(35)52-56-51(38-21-10-6-11-22-38)57-53(58-52)45-33-40(37-19-8-5-9-20-37)32-36(2)49(45)39-28-30-46-47-31-29-44-43-26-16-17-27-48(43)59(41-23-12-7-13-24-41)50(44)55(47,4)60-54(46,3)34-39/h5-36,42,46-47,49,52H,1-4H3,(H,56,57,58). The largest absolute Gasteiger partial charge is 0.325 e. The first-order chi connectivity index (χ1) is 29.3. The Balaban J connectivity index is 1.03. The normalized spacial score (nSPS) is 31.3. The number of thioether (sulfide) groups is 1. The molecule has 11 rings (SSSR count). The smallest absolute Gasteiger partial charge is 0.151 e. The third-order valence-electron chi connectivity index (χ3n) is 13.9. The number of nitrogens with one attached hydrogen (secondary N) is 1. The minimum Gasteiger partial charge on any atom is -0.325 e. The first-order valence-corrected chi connectivity index (χ1v) is 22.4. The summed E-state index contributed by atoms with van der Waals surface area (Å²) in [5, 5.41) is 5.14. The molecule has 4 aliphatic carbocycles. The van der Waals surface area contributed by atoms with Crippen LogP contribution in [0.2, 0.25) is 0 Å². The first-order valence-electron chi connectivity index (χ1n) is 21.6. The van der Waals surface area contributed by atoms with Crippen LogP contribution in [0.3, 0.4) is 0 Å². The number of hydrogen-bond acceptors (Lipinski definition) is 4. The quantitative estimate of drug-likeness (QED) is 0.186. The Bertz CT molecular complexity index is 2800. The molecule has 1 aromatic heterocycles. The van der Waals surface area contributed by atoms with Crippen molar-refractivity contribution < 1.29 is 0 Å². The van der Waals surface area contributed by atoms with Gasteiger partial charge in [0.2, 0.25) is 0 Å². The topological polar surface area (TPSA) is 41.7 Å². The summed E-state index contributed by atoms with van der Waals surface area (Å²) in [6.07, 6.45) is 26.1. The zero-order valence-electron chi connectivity index (χ0n) is 34.6. The zero-order chi connectivity index (χ0) is 40.6. The van der Waals surface area contributed by atoms with Crippen LogP contribution in [0.15, 0.2) is 197 Å². The van der Waals surface area contributed by atoms with Gasteiger partial charge in [0.15, 0.2) is 6.17 Å². The van der Waals surface area contributed by atoms with E-state index in [1.165, 1.54) is 50.1 Å².